The van der Waals surface area contributed by atoms with Gasteiger partial charge in [-0.25, -0.2) is 0 Å². The molecule has 2 atom stereocenters. The molecule has 0 aliphatic rings. The van der Waals surface area contributed by atoms with Gasteiger partial charge < -0.3 is 19.4 Å². The van der Waals surface area contributed by atoms with Crippen molar-refractivity contribution >= 4 is 31.6 Å². The molecule has 0 aromatic heterocycles. The monoisotopic (exact) mass is 518 g/mol. The average Bonchev–Trinajstić information content (AvgIpc) is 2.76. The molecule has 7 heteroatoms. The molecule has 0 saturated carbocycles. The Labute approximate surface area is 218 Å². The third-order valence-electron chi connectivity index (χ3n) is 6.69. The molecule has 0 aliphatic carbocycles. The average molecular weight is 519 g/mol. The topological polar surface area (TPSA) is 50.8 Å². The molecule has 0 aliphatic heterocycles. The van der Waals surface area contributed by atoms with Crippen LogP contribution in [0.2, 0.25) is 23.2 Å². The molecule has 0 amide bonds. The molecule has 35 heavy (non-hydrogen) atoms. The smallest absolute Gasteiger partial charge is 0.310 e. The van der Waals surface area contributed by atoms with E-state index in [0.29, 0.717) is 19.6 Å². The minimum atomic E-state index is -1.97. The number of nitrogens with zero attached hydrogens (tertiary/aromatic N) is 1. The Hall–Kier alpha value is -1.86. The van der Waals surface area contributed by atoms with Gasteiger partial charge in [-0.1, -0.05) is 56.6 Å². The van der Waals surface area contributed by atoms with E-state index < -0.39 is 8.32 Å². The number of benzene rings is 2. The number of halogens is 1. The minimum Gasteiger partial charge on any atom is -0.466 e. The summed E-state index contributed by atoms with van der Waals surface area (Å²) in [7, 11) is 0.109. The van der Waals surface area contributed by atoms with E-state index in [9.17, 15) is 4.79 Å². The fourth-order valence-electron chi connectivity index (χ4n) is 3.60. The van der Waals surface area contributed by atoms with E-state index in [2.05, 4.69) is 76.3 Å². The zero-order valence-corrected chi connectivity index (χ0v) is 24.4. The lowest BCUT2D eigenvalue weighted by Crippen LogP contribution is -2.45. The maximum absolute atomic E-state index is 11.7. The van der Waals surface area contributed by atoms with Crippen LogP contribution in [0.15, 0.2) is 48.5 Å². The van der Waals surface area contributed by atoms with Gasteiger partial charge in [0, 0.05) is 36.9 Å². The third-order valence-corrected chi connectivity index (χ3v) is 11.4. The quantitative estimate of drug-likeness (QED) is 0.252. The Morgan fingerprint density at radius 3 is 2.37 bits per heavy atom. The Morgan fingerprint density at radius 1 is 1.14 bits per heavy atom. The first-order valence-electron chi connectivity index (χ1n) is 12.4. The van der Waals surface area contributed by atoms with Gasteiger partial charge in [0.05, 0.1) is 19.1 Å². The fraction of sp³-hybridized carbons (Fsp3) is 0.536. The predicted octanol–water partition coefficient (Wildman–Crippen LogP) is 6.62. The molecular formula is C28H43ClN2O3Si. The van der Waals surface area contributed by atoms with Crippen LogP contribution in [0.1, 0.15) is 51.8 Å². The standard InChI is InChI=1S/C28H43ClN2O3Si/c1-9-33-27(32)17-22-13-15-25(16-14-22)31(6)20-21(2)30-19-26(23-11-10-12-24(29)18-23)34-35(7,8)28(3,4)5/h10-16,18,21,26,30H,9,17,19-20H2,1-8H3/t21?,26-/m0/s1. The molecule has 0 radical (unpaired) electrons. The van der Waals surface area contributed by atoms with E-state index in [-0.39, 0.29) is 23.2 Å². The van der Waals surface area contributed by atoms with Crippen LogP contribution in [0, 0.1) is 0 Å². The van der Waals surface area contributed by atoms with Gasteiger partial charge in [0.15, 0.2) is 8.32 Å². The van der Waals surface area contributed by atoms with Gasteiger partial charge in [0.25, 0.3) is 0 Å². The van der Waals surface area contributed by atoms with Crippen LogP contribution >= 0.6 is 11.6 Å². The first kappa shape index (κ1) is 29.4. The Balaban J connectivity index is 2.01. The molecule has 194 valence electrons. The van der Waals surface area contributed by atoms with E-state index >= 15 is 0 Å². The van der Waals surface area contributed by atoms with Crippen LogP contribution in [0.3, 0.4) is 0 Å². The number of esters is 1. The van der Waals surface area contributed by atoms with Gasteiger partial charge in [-0.3, -0.25) is 4.79 Å². The van der Waals surface area contributed by atoms with Crippen molar-refractivity contribution in [3.8, 4) is 0 Å². The van der Waals surface area contributed by atoms with Crippen LogP contribution in [0.4, 0.5) is 5.69 Å². The fourth-order valence-corrected chi connectivity index (χ4v) is 5.09. The predicted molar refractivity (Wildman–Crippen MR) is 150 cm³/mol. The van der Waals surface area contributed by atoms with E-state index in [4.69, 9.17) is 20.8 Å². The molecule has 2 aromatic carbocycles. The summed E-state index contributed by atoms with van der Waals surface area (Å²) in [5.41, 5.74) is 3.17. The van der Waals surface area contributed by atoms with Crippen molar-refractivity contribution in [1.29, 1.82) is 0 Å². The molecule has 1 N–H and O–H groups in total. The summed E-state index contributed by atoms with van der Waals surface area (Å²) in [5, 5.41) is 4.53. The van der Waals surface area contributed by atoms with Crippen molar-refractivity contribution in [2.24, 2.45) is 0 Å². The molecule has 0 heterocycles. The van der Waals surface area contributed by atoms with Crippen LogP contribution in [-0.2, 0) is 20.4 Å². The van der Waals surface area contributed by atoms with Gasteiger partial charge >= 0.3 is 5.97 Å². The molecule has 2 aromatic rings. The van der Waals surface area contributed by atoms with Gasteiger partial charge in [0.2, 0.25) is 0 Å². The largest absolute Gasteiger partial charge is 0.466 e. The maximum Gasteiger partial charge on any atom is 0.310 e. The second-order valence-corrected chi connectivity index (χ2v) is 16.0. The van der Waals surface area contributed by atoms with Gasteiger partial charge in [0.1, 0.15) is 0 Å². The van der Waals surface area contributed by atoms with Crippen LogP contribution in [0.5, 0.6) is 0 Å². The molecule has 0 spiro atoms. The van der Waals surface area contributed by atoms with Crippen molar-refractivity contribution in [2.75, 3.05) is 31.6 Å². The lowest BCUT2D eigenvalue weighted by molar-refractivity contribution is -0.142. The summed E-state index contributed by atoms with van der Waals surface area (Å²) in [6.45, 7) is 17.3. The van der Waals surface area contributed by atoms with E-state index in [1.807, 2.05) is 37.3 Å². The highest BCUT2D eigenvalue weighted by molar-refractivity contribution is 6.74. The second kappa shape index (κ2) is 12.9. The molecule has 0 fully saturated rings. The third kappa shape index (κ3) is 9.26. The van der Waals surface area contributed by atoms with Crippen LogP contribution in [-0.4, -0.2) is 47.1 Å². The normalized spacial score (nSPS) is 13.9. The van der Waals surface area contributed by atoms with Crippen molar-refractivity contribution in [3.63, 3.8) is 0 Å². The Bertz CT molecular complexity index is 944. The number of hydrogen-bond donors (Lipinski definition) is 1. The van der Waals surface area contributed by atoms with Crippen molar-refractivity contribution in [3.05, 3.63) is 64.7 Å². The summed E-state index contributed by atoms with van der Waals surface area (Å²) in [5.74, 6) is -0.194. The highest BCUT2D eigenvalue weighted by Crippen LogP contribution is 2.39. The number of carbonyl (C=O) groups excluding carboxylic acids is 1. The number of nitrogens with one attached hydrogen (secondary N) is 1. The first-order valence-corrected chi connectivity index (χ1v) is 15.7. The number of hydrogen-bond acceptors (Lipinski definition) is 5. The Kier molecular flexibility index (Phi) is 10.8. The number of likely N-dealkylation sites (N-methyl/N-ethyl adjacent to an activating group) is 1. The SMILES string of the molecule is CCOC(=O)Cc1ccc(N(C)CC(C)NC[C@H](O[Si](C)(C)C(C)(C)C)c2cccc(Cl)c2)cc1. The van der Waals surface area contributed by atoms with Crippen molar-refractivity contribution in [1.82, 2.24) is 5.32 Å². The van der Waals surface area contributed by atoms with E-state index in [1.54, 1.807) is 0 Å². The number of rotatable bonds is 12. The van der Waals surface area contributed by atoms with E-state index in [1.165, 1.54) is 0 Å². The van der Waals surface area contributed by atoms with Crippen molar-refractivity contribution in [2.45, 2.75) is 71.3 Å². The zero-order chi connectivity index (χ0) is 26.2. The lowest BCUT2D eigenvalue weighted by Gasteiger charge is -2.40. The molecule has 1 unspecified atom stereocenters. The summed E-state index contributed by atoms with van der Waals surface area (Å²) in [6, 6.07) is 16.3. The first-order chi connectivity index (χ1) is 16.3. The van der Waals surface area contributed by atoms with Crippen LogP contribution in [0.25, 0.3) is 0 Å². The minimum absolute atomic E-state index is 0.0653. The molecule has 0 saturated heterocycles. The summed E-state index contributed by atoms with van der Waals surface area (Å²) < 4.78 is 11.8. The van der Waals surface area contributed by atoms with Gasteiger partial charge in [-0.15, -0.1) is 0 Å². The highest BCUT2D eigenvalue weighted by Gasteiger charge is 2.39. The second-order valence-electron chi connectivity index (χ2n) is 10.8. The van der Waals surface area contributed by atoms with Crippen LogP contribution < -0.4 is 10.2 Å². The summed E-state index contributed by atoms with van der Waals surface area (Å²) in [4.78, 5) is 13.9. The zero-order valence-electron chi connectivity index (χ0n) is 22.7. The van der Waals surface area contributed by atoms with Crippen molar-refractivity contribution < 1.29 is 14.0 Å². The van der Waals surface area contributed by atoms with Gasteiger partial charge in [-0.05, 0) is 67.4 Å². The highest BCUT2D eigenvalue weighted by atomic mass is 35.5. The maximum atomic E-state index is 11.7. The Morgan fingerprint density at radius 2 is 1.80 bits per heavy atom. The summed E-state index contributed by atoms with van der Waals surface area (Å²) >= 11 is 6.31. The molecule has 2 rings (SSSR count). The number of carbonyl (C=O) groups is 1. The molecule has 5 nitrogen and oxygen atoms in total. The molecular weight excluding hydrogens is 476 g/mol. The number of anilines is 1. The molecule has 0 bridgehead atoms. The number of ether oxygens (including phenoxy) is 1. The summed E-state index contributed by atoms with van der Waals surface area (Å²) in [6.07, 6.45) is 0.235. The van der Waals surface area contributed by atoms with Gasteiger partial charge in [-0.2, -0.15) is 0 Å². The lowest BCUT2D eigenvalue weighted by atomic mass is 10.1. The van der Waals surface area contributed by atoms with E-state index in [0.717, 1.165) is 28.4 Å².